The fraction of sp³-hybridized carbons (Fsp3) is 0.538. The van der Waals surface area contributed by atoms with Crippen molar-refractivity contribution in [2.75, 3.05) is 31.8 Å². The van der Waals surface area contributed by atoms with Crippen LogP contribution in [-0.2, 0) is 9.47 Å². The zero-order valence-electron chi connectivity index (χ0n) is 11.0. The maximum absolute atomic E-state index is 11.5. The summed E-state index contributed by atoms with van der Waals surface area (Å²) in [7, 11) is 1.37. The number of methoxy groups -OCH3 is 1. The Hall–Kier alpha value is -1.62. The van der Waals surface area contributed by atoms with Crippen LogP contribution in [0.2, 0.25) is 0 Å². The van der Waals surface area contributed by atoms with Crippen molar-refractivity contribution in [3.8, 4) is 0 Å². The van der Waals surface area contributed by atoms with Crippen LogP contribution in [0.15, 0.2) is 12.1 Å². The van der Waals surface area contributed by atoms with Gasteiger partial charge < -0.3 is 14.4 Å². The molecular weight excluding hydrogens is 232 g/mol. The fourth-order valence-corrected chi connectivity index (χ4v) is 2.10. The third-order valence-corrected chi connectivity index (χ3v) is 3.14. The molecule has 0 N–H and O–H groups in total. The van der Waals surface area contributed by atoms with Gasteiger partial charge in [-0.25, -0.2) is 9.78 Å². The average Bonchev–Trinajstić information content (AvgIpc) is 2.38. The molecule has 1 aliphatic heterocycles. The zero-order valence-corrected chi connectivity index (χ0v) is 11.0. The average molecular weight is 250 g/mol. The van der Waals surface area contributed by atoms with Crippen molar-refractivity contribution in [2.24, 2.45) is 0 Å². The van der Waals surface area contributed by atoms with Crippen LogP contribution in [0, 0.1) is 6.92 Å². The number of nitrogens with zero attached hydrogens (tertiary/aromatic N) is 2. The molecule has 98 valence electrons. The first-order chi connectivity index (χ1) is 8.63. The molecule has 2 heterocycles. The van der Waals surface area contributed by atoms with Crippen molar-refractivity contribution in [3.63, 3.8) is 0 Å². The summed E-state index contributed by atoms with van der Waals surface area (Å²) in [5.74, 6) is 0.539. The van der Waals surface area contributed by atoms with Crippen LogP contribution in [0.3, 0.4) is 0 Å². The van der Waals surface area contributed by atoms with E-state index in [1.165, 1.54) is 7.11 Å². The molecule has 1 aliphatic rings. The first-order valence-corrected chi connectivity index (χ1v) is 6.04. The third-order valence-electron chi connectivity index (χ3n) is 3.14. The molecule has 5 heteroatoms. The summed E-state index contributed by atoms with van der Waals surface area (Å²) in [4.78, 5) is 18.2. The standard InChI is InChI=1S/C13H18N2O3/c1-9-8-18-7-6-15(9)12-5-4-11(10(2)14-12)13(16)17-3/h4-5,9H,6-8H2,1-3H3. The summed E-state index contributed by atoms with van der Waals surface area (Å²) in [6.07, 6.45) is 0. The minimum absolute atomic E-state index is 0.301. The van der Waals surface area contributed by atoms with E-state index in [4.69, 9.17) is 9.47 Å². The van der Waals surface area contributed by atoms with E-state index in [-0.39, 0.29) is 5.97 Å². The lowest BCUT2D eigenvalue weighted by atomic mass is 10.2. The topological polar surface area (TPSA) is 51.7 Å². The summed E-state index contributed by atoms with van der Waals surface area (Å²) < 4.78 is 10.1. The molecule has 1 aromatic rings. The molecule has 0 aromatic carbocycles. The molecule has 0 amide bonds. The van der Waals surface area contributed by atoms with E-state index < -0.39 is 0 Å². The van der Waals surface area contributed by atoms with Crippen LogP contribution in [0.5, 0.6) is 0 Å². The van der Waals surface area contributed by atoms with Crippen molar-refractivity contribution in [1.82, 2.24) is 4.98 Å². The highest BCUT2D eigenvalue weighted by molar-refractivity contribution is 5.90. The number of aryl methyl sites for hydroxylation is 1. The lowest BCUT2D eigenvalue weighted by molar-refractivity contribution is 0.0599. The number of anilines is 1. The second-order valence-electron chi connectivity index (χ2n) is 4.41. The van der Waals surface area contributed by atoms with Gasteiger partial charge in [0.25, 0.3) is 0 Å². The molecule has 0 spiro atoms. The number of carbonyl (C=O) groups excluding carboxylic acids is 1. The van der Waals surface area contributed by atoms with Gasteiger partial charge in [-0.3, -0.25) is 0 Å². The van der Waals surface area contributed by atoms with Crippen LogP contribution in [-0.4, -0.2) is 43.9 Å². The second-order valence-corrected chi connectivity index (χ2v) is 4.41. The molecule has 0 aliphatic carbocycles. The quantitative estimate of drug-likeness (QED) is 0.743. The summed E-state index contributed by atoms with van der Waals surface area (Å²) in [5, 5.41) is 0. The largest absolute Gasteiger partial charge is 0.465 e. The van der Waals surface area contributed by atoms with Gasteiger partial charge in [0, 0.05) is 6.54 Å². The molecule has 1 aromatic heterocycles. The molecule has 1 fully saturated rings. The van der Waals surface area contributed by atoms with E-state index >= 15 is 0 Å². The summed E-state index contributed by atoms with van der Waals surface area (Å²) >= 11 is 0. The number of ether oxygens (including phenoxy) is 2. The van der Waals surface area contributed by atoms with Crippen molar-refractivity contribution in [3.05, 3.63) is 23.4 Å². The predicted octanol–water partition coefficient (Wildman–Crippen LogP) is 1.40. The lowest BCUT2D eigenvalue weighted by Gasteiger charge is -2.34. The minimum atomic E-state index is -0.346. The fourth-order valence-electron chi connectivity index (χ4n) is 2.10. The Kier molecular flexibility index (Phi) is 3.81. The van der Waals surface area contributed by atoms with Crippen LogP contribution >= 0.6 is 0 Å². The zero-order chi connectivity index (χ0) is 13.1. The number of rotatable bonds is 2. The Bertz CT molecular complexity index is 448. The van der Waals surface area contributed by atoms with Gasteiger partial charge in [0.15, 0.2) is 0 Å². The highest BCUT2D eigenvalue weighted by atomic mass is 16.5. The molecule has 0 saturated carbocycles. The number of pyridine rings is 1. The van der Waals surface area contributed by atoms with Gasteiger partial charge in [-0.05, 0) is 26.0 Å². The van der Waals surface area contributed by atoms with Gasteiger partial charge in [0.05, 0.1) is 37.6 Å². The molecule has 0 bridgehead atoms. The Morgan fingerprint density at radius 3 is 2.94 bits per heavy atom. The van der Waals surface area contributed by atoms with Crippen molar-refractivity contribution >= 4 is 11.8 Å². The SMILES string of the molecule is COC(=O)c1ccc(N2CCOCC2C)nc1C. The molecular formula is C13H18N2O3. The van der Waals surface area contributed by atoms with E-state index in [9.17, 15) is 4.79 Å². The Morgan fingerprint density at radius 1 is 1.56 bits per heavy atom. The number of carbonyl (C=O) groups is 1. The lowest BCUT2D eigenvalue weighted by Crippen LogP contribution is -2.44. The molecule has 0 radical (unpaired) electrons. The van der Waals surface area contributed by atoms with Crippen LogP contribution in [0.4, 0.5) is 5.82 Å². The van der Waals surface area contributed by atoms with Gasteiger partial charge in [-0.1, -0.05) is 0 Å². The highest BCUT2D eigenvalue weighted by Gasteiger charge is 2.21. The summed E-state index contributed by atoms with van der Waals surface area (Å²) in [6, 6.07) is 3.93. The Balaban J connectivity index is 2.25. The molecule has 1 unspecified atom stereocenters. The second kappa shape index (κ2) is 5.35. The Morgan fingerprint density at radius 2 is 2.33 bits per heavy atom. The minimum Gasteiger partial charge on any atom is -0.465 e. The van der Waals surface area contributed by atoms with E-state index in [0.29, 0.717) is 30.5 Å². The maximum atomic E-state index is 11.5. The van der Waals surface area contributed by atoms with Gasteiger partial charge >= 0.3 is 5.97 Å². The molecule has 1 saturated heterocycles. The monoisotopic (exact) mass is 250 g/mol. The van der Waals surface area contributed by atoms with Crippen LogP contribution in [0.25, 0.3) is 0 Å². The first kappa shape index (κ1) is 12.8. The van der Waals surface area contributed by atoms with Crippen molar-refractivity contribution in [1.29, 1.82) is 0 Å². The predicted molar refractivity (Wildman–Crippen MR) is 67.9 cm³/mol. The van der Waals surface area contributed by atoms with Crippen molar-refractivity contribution in [2.45, 2.75) is 19.9 Å². The normalized spacial score (nSPS) is 19.7. The number of hydrogen-bond acceptors (Lipinski definition) is 5. The van der Waals surface area contributed by atoms with Gasteiger partial charge in [0.1, 0.15) is 5.82 Å². The van der Waals surface area contributed by atoms with Gasteiger partial charge in [0.2, 0.25) is 0 Å². The Labute approximate surface area is 107 Å². The first-order valence-electron chi connectivity index (χ1n) is 6.04. The summed E-state index contributed by atoms with van der Waals surface area (Å²) in [5.41, 5.74) is 1.21. The molecule has 1 atom stereocenters. The van der Waals surface area contributed by atoms with E-state index in [1.807, 2.05) is 13.0 Å². The molecule has 18 heavy (non-hydrogen) atoms. The van der Waals surface area contributed by atoms with E-state index in [2.05, 4.69) is 16.8 Å². The highest BCUT2D eigenvalue weighted by Crippen LogP contribution is 2.19. The van der Waals surface area contributed by atoms with E-state index in [1.54, 1.807) is 6.07 Å². The number of esters is 1. The van der Waals surface area contributed by atoms with Crippen LogP contribution in [0.1, 0.15) is 23.0 Å². The molecule has 2 rings (SSSR count). The van der Waals surface area contributed by atoms with E-state index in [0.717, 1.165) is 12.4 Å². The van der Waals surface area contributed by atoms with Crippen LogP contribution < -0.4 is 4.90 Å². The number of aromatic nitrogens is 1. The number of hydrogen-bond donors (Lipinski definition) is 0. The third kappa shape index (κ3) is 2.46. The summed E-state index contributed by atoms with van der Waals surface area (Å²) in [6.45, 7) is 6.17. The maximum Gasteiger partial charge on any atom is 0.339 e. The van der Waals surface area contributed by atoms with Crippen molar-refractivity contribution < 1.29 is 14.3 Å². The van der Waals surface area contributed by atoms with Gasteiger partial charge in [-0.15, -0.1) is 0 Å². The number of morpholine rings is 1. The smallest absolute Gasteiger partial charge is 0.339 e. The molecule has 5 nitrogen and oxygen atoms in total. The van der Waals surface area contributed by atoms with Gasteiger partial charge in [-0.2, -0.15) is 0 Å².